The van der Waals surface area contributed by atoms with Crippen molar-refractivity contribution in [1.82, 2.24) is 9.29 Å². The summed E-state index contributed by atoms with van der Waals surface area (Å²) >= 11 is 1.31. The van der Waals surface area contributed by atoms with Crippen LogP contribution in [0.25, 0.3) is 11.3 Å². The summed E-state index contributed by atoms with van der Waals surface area (Å²) in [5, 5.41) is 7.90. The smallest absolute Gasteiger partial charge is 0.262 e. The summed E-state index contributed by atoms with van der Waals surface area (Å²) in [5.41, 5.74) is 2.07. The molecule has 1 aromatic carbocycles. The maximum Gasteiger partial charge on any atom is 0.262 e. The average Bonchev–Trinajstić information content (AvgIpc) is 3.15. The lowest BCUT2D eigenvalue weighted by Gasteiger charge is -2.29. The van der Waals surface area contributed by atoms with Crippen LogP contribution in [0.1, 0.15) is 12.8 Å². The Bertz CT molecular complexity index is 1060. The van der Waals surface area contributed by atoms with Gasteiger partial charge in [-0.15, -0.1) is 11.3 Å². The highest BCUT2D eigenvalue weighted by Crippen LogP contribution is 2.34. The molecule has 0 radical (unpaired) electrons. The van der Waals surface area contributed by atoms with Gasteiger partial charge in [-0.05, 0) is 31.0 Å². The molecule has 1 saturated heterocycles. The number of sulfonamides is 1. The molecule has 3 heterocycles. The van der Waals surface area contributed by atoms with Crippen LogP contribution in [0.15, 0.2) is 23.6 Å². The van der Waals surface area contributed by atoms with Crippen molar-refractivity contribution in [2.24, 2.45) is 5.92 Å². The van der Waals surface area contributed by atoms with Crippen LogP contribution in [-0.4, -0.2) is 55.5 Å². The van der Waals surface area contributed by atoms with Crippen LogP contribution in [0.2, 0.25) is 0 Å². The van der Waals surface area contributed by atoms with Crippen LogP contribution in [0, 0.1) is 5.92 Å². The third-order valence-corrected chi connectivity index (χ3v) is 7.00. The first kappa shape index (κ1) is 19.8. The van der Waals surface area contributed by atoms with Crippen molar-refractivity contribution in [3.05, 3.63) is 23.6 Å². The number of rotatable bonds is 4. The lowest BCUT2D eigenvalue weighted by molar-refractivity contribution is -0.121. The SMILES string of the molecule is CS(=O)(=O)N1CCC(C(=O)Nc2nc(-c3ccc4c(c3)NC(=O)CO4)cs2)CC1. The highest BCUT2D eigenvalue weighted by molar-refractivity contribution is 7.88. The van der Waals surface area contributed by atoms with Crippen LogP contribution < -0.4 is 15.4 Å². The molecule has 1 fully saturated rings. The summed E-state index contributed by atoms with van der Waals surface area (Å²) in [6.45, 7) is 0.703. The number of carbonyl (C=O) groups is 2. The van der Waals surface area contributed by atoms with E-state index in [0.717, 1.165) is 5.56 Å². The van der Waals surface area contributed by atoms with Crippen LogP contribution in [-0.2, 0) is 19.6 Å². The Labute approximate surface area is 172 Å². The summed E-state index contributed by atoms with van der Waals surface area (Å²) in [5.74, 6) is 0.0157. The minimum absolute atomic E-state index is 0.00232. The maximum absolute atomic E-state index is 12.5. The second kappa shape index (κ2) is 7.73. The number of hydrogen-bond donors (Lipinski definition) is 2. The second-order valence-electron chi connectivity index (χ2n) is 7.01. The normalized spacial score (nSPS) is 17.9. The molecule has 2 aliphatic heterocycles. The zero-order chi connectivity index (χ0) is 20.6. The van der Waals surface area contributed by atoms with E-state index in [2.05, 4.69) is 15.6 Å². The van der Waals surface area contributed by atoms with Crippen LogP contribution in [0.5, 0.6) is 5.75 Å². The van der Waals surface area contributed by atoms with Crippen LogP contribution in [0.3, 0.4) is 0 Å². The molecular weight excluding hydrogens is 416 g/mol. The van der Waals surface area contributed by atoms with Crippen molar-refractivity contribution in [2.45, 2.75) is 12.8 Å². The average molecular weight is 437 g/mol. The number of nitrogens with zero attached hydrogens (tertiary/aromatic N) is 2. The van der Waals surface area contributed by atoms with Gasteiger partial charge in [0.05, 0.1) is 17.6 Å². The van der Waals surface area contributed by atoms with E-state index in [1.807, 2.05) is 11.4 Å². The van der Waals surface area contributed by atoms with E-state index in [1.54, 1.807) is 12.1 Å². The van der Waals surface area contributed by atoms with E-state index in [0.29, 0.717) is 48.2 Å². The molecule has 2 aromatic rings. The van der Waals surface area contributed by atoms with Crippen molar-refractivity contribution in [3.8, 4) is 17.0 Å². The first-order chi connectivity index (χ1) is 13.8. The molecule has 154 valence electrons. The number of benzene rings is 1. The number of hydrogen-bond acceptors (Lipinski definition) is 7. The predicted molar refractivity (Wildman–Crippen MR) is 109 cm³/mol. The van der Waals surface area contributed by atoms with E-state index in [-0.39, 0.29) is 24.3 Å². The number of ether oxygens (including phenoxy) is 1. The van der Waals surface area contributed by atoms with E-state index in [1.165, 1.54) is 21.9 Å². The van der Waals surface area contributed by atoms with Gasteiger partial charge in [0.2, 0.25) is 15.9 Å². The molecule has 29 heavy (non-hydrogen) atoms. The molecular formula is C18H20N4O5S2. The van der Waals surface area contributed by atoms with Gasteiger partial charge >= 0.3 is 0 Å². The monoisotopic (exact) mass is 436 g/mol. The van der Waals surface area contributed by atoms with E-state index < -0.39 is 10.0 Å². The molecule has 9 nitrogen and oxygen atoms in total. The van der Waals surface area contributed by atoms with E-state index >= 15 is 0 Å². The van der Waals surface area contributed by atoms with Gasteiger partial charge in [0.15, 0.2) is 11.7 Å². The Hall–Kier alpha value is -2.50. The summed E-state index contributed by atoms with van der Waals surface area (Å²) in [6.07, 6.45) is 2.16. The lowest BCUT2D eigenvalue weighted by atomic mass is 9.97. The summed E-state index contributed by atoms with van der Waals surface area (Å²) in [6, 6.07) is 5.41. The Kier molecular flexibility index (Phi) is 5.28. The molecule has 11 heteroatoms. The van der Waals surface area contributed by atoms with Crippen molar-refractivity contribution >= 4 is 44.0 Å². The number of thiazole rings is 1. The fourth-order valence-corrected chi connectivity index (χ4v) is 4.96. The standard InChI is InChI=1S/C18H20N4O5S2/c1-29(25,26)22-6-4-11(5-7-22)17(24)21-18-20-14(10-28-18)12-2-3-15-13(8-12)19-16(23)9-27-15/h2-3,8,10-11H,4-7,9H2,1H3,(H,19,23)(H,20,21,24). The molecule has 1 aromatic heterocycles. The molecule has 2 N–H and O–H groups in total. The third-order valence-electron chi connectivity index (χ3n) is 4.94. The number of amides is 2. The molecule has 2 amide bonds. The topological polar surface area (TPSA) is 118 Å². The minimum Gasteiger partial charge on any atom is -0.482 e. The fourth-order valence-electron chi connectivity index (χ4n) is 3.36. The molecule has 0 bridgehead atoms. The van der Waals surface area contributed by atoms with E-state index in [9.17, 15) is 18.0 Å². The summed E-state index contributed by atoms with van der Waals surface area (Å²) in [4.78, 5) is 28.5. The predicted octanol–water partition coefficient (Wildman–Crippen LogP) is 1.75. The Morgan fingerprint density at radius 3 is 2.83 bits per heavy atom. The van der Waals surface area contributed by atoms with Gasteiger partial charge in [-0.1, -0.05) is 0 Å². The molecule has 0 saturated carbocycles. The fraction of sp³-hybridized carbons (Fsp3) is 0.389. The van der Waals surface area contributed by atoms with Gasteiger partial charge in [-0.3, -0.25) is 9.59 Å². The molecule has 2 aliphatic rings. The summed E-state index contributed by atoms with van der Waals surface area (Å²) in [7, 11) is -3.22. The number of carbonyl (C=O) groups excluding carboxylic acids is 2. The first-order valence-electron chi connectivity index (χ1n) is 9.08. The Morgan fingerprint density at radius 1 is 1.34 bits per heavy atom. The first-order valence-corrected chi connectivity index (χ1v) is 11.8. The highest BCUT2D eigenvalue weighted by atomic mass is 32.2. The Morgan fingerprint density at radius 2 is 2.10 bits per heavy atom. The van der Waals surface area contributed by atoms with E-state index in [4.69, 9.17) is 4.74 Å². The molecule has 0 unspecified atom stereocenters. The van der Waals surface area contributed by atoms with Gasteiger partial charge in [-0.25, -0.2) is 17.7 Å². The second-order valence-corrected chi connectivity index (χ2v) is 9.85. The summed E-state index contributed by atoms with van der Waals surface area (Å²) < 4.78 is 29.9. The number of piperidine rings is 1. The van der Waals surface area contributed by atoms with Crippen LogP contribution >= 0.6 is 11.3 Å². The lowest BCUT2D eigenvalue weighted by Crippen LogP contribution is -2.40. The molecule has 4 rings (SSSR count). The molecule has 0 atom stereocenters. The number of anilines is 2. The van der Waals surface area contributed by atoms with Gasteiger partial charge < -0.3 is 15.4 Å². The number of fused-ring (bicyclic) bond motifs is 1. The van der Waals surface area contributed by atoms with Gasteiger partial charge in [0, 0.05) is 30.0 Å². The maximum atomic E-state index is 12.5. The largest absolute Gasteiger partial charge is 0.482 e. The zero-order valence-electron chi connectivity index (χ0n) is 15.7. The third kappa shape index (κ3) is 4.41. The van der Waals surface area contributed by atoms with Crippen molar-refractivity contribution in [1.29, 1.82) is 0 Å². The number of aromatic nitrogens is 1. The zero-order valence-corrected chi connectivity index (χ0v) is 17.3. The van der Waals surface area contributed by atoms with Gasteiger partial charge in [0.1, 0.15) is 5.75 Å². The highest BCUT2D eigenvalue weighted by Gasteiger charge is 2.29. The van der Waals surface area contributed by atoms with Gasteiger partial charge in [-0.2, -0.15) is 0 Å². The minimum atomic E-state index is -3.22. The van der Waals surface area contributed by atoms with Gasteiger partial charge in [0.25, 0.3) is 5.91 Å². The molecule has 0 spiro atoms. The quantitative estimate of drug-likeness (QED) is 0.754. The van der Waals surface area contributed by atoms with Crippen LogP contribution in [0.4, 0.5) is 10.8 Å². The van der Waals surface area contributed by atoms with Crippen molar-refractivity contribution < 1.29 is 22.7 Å². The number of nitrogens with one attached hydrogen (secondary N) is 2. The van der Waals surface area contributed by atoms with Crippen molar-refractivity contribution in [3.63, 3.8) is 0 Å². The Balaban J connectivity index is 1.40. The van der Waals surface area contributed by atoms with Crippen molar-refractivity contribution in [2.75, 3.05) is 36.6 Å². The molecule has 0 aliphatic carbocycles.